The van der Waals surface area contributed by atoms with Crippen LogP contribution in [0.1, 0.15) is 37.5 Å². The van der Waals surface area contributed by atoms with E-state index in [0.29, 0.717) is 16.9 Å². The molecule has 2 N–H and O–H groups in total. The maximum atomic E-state index is 13.2. The van der Waals surface area contributed by atoms with Crippen LogP contribution in [0, 0.1) is 0 Å². The van der Waals surface area contributed by atoms with Gasteiger partial charge < -0.3 is 20.1 Å². The molecule has 8 nitrogen and oxygen atoms in total. The standard InChI is InChI=1S/C36H34N4O4/c1-43-33-21-26-18-20-40(23-27(26)22-34(33)44-2)19-17-24-11-14-28(15-12-24)37-35(41)29-8-4-6-10-31(29)39-36(42)32-16-13-25-7-3-5-9-30(25)38-32/h3-16,21-22H,17-20,23H2,1-2H3,(H,37,41)(H,39,42). The zero-order chi connectivity index (χ0) is 30.5. The number of hydrogen-bond acceptors (Lipinski definition) is 6. The van der Waals surface area contributed by atoms with Gasteiger partial charge in [-0.05, 0) is 78.1 Å². The highest BCUT2D eigenvalue weighted by Gasteiger charge is 2.20. The number of fused-ring (bicyclic) bond motifs is 2. The topological polar surface area (TPSA) is 92.8 Å². The number of carbonyl (C=O) groups is 2. The lowest BCUT2D eigenvalue weighted by atomic mass is 9.98. The number of carbonyl (C=O) groups excluding carboxylic acids is 2. The zero-order valence-electron chi connectivity index (χ0n) is 24.8. The molecule has 6 rings (SSSR count). The van der Waals surface area contributed by atoms with E-state index in [1.807, 2.05) is 54.6 Å². The molecule has 222 valence electrons. The van der Waals surface area contributed by atoms with Gasteiger partial charge in [-0.1, -0.05) is 48.5 Å². The highest BCUT2D eigenvalue weighted by molar-refractivity contribution is 6.12. The number of aromatic nitrogens is 1. The van der Waals surface area contributed by atoms with Gasteiger partial charge in [0.05, 0.1) is 31.0 Å². The summed E-state index contributed by atoms with van der Waals surface area (Å²) in [6.07, 6.45) is 1.87. The fourth-order valence-electron chi connectivity index (χ4n) is 5.54. The van der Waals surface area contributed by atoms with E-state index in [4.69, 9.17) is 9.47 Å². The summed E-state index contributed by atoms with van der Waals surface area (Å²) in [6.45, 7) is 2.79. The summed E-state index contributed by atoms with van der Waals surface area (Å²) in [4.78, 5) is 33.1. The molecule has 0 radical (unpaired) electrons. The van der Waals surface area contributed by atoms with Gasteiger partial charge >= 0.3 is 0 Å². The molecule has 1 aromatic heterocycles. The first-order chi connectivity index (χ1) is 21.5. The van der Waals surface area contributed by atoms with Crippen molar-refractivity contribution in [3.05, 3.63) is 125 Å². The van der Waals surface area contributed by atoms with Gasteiger partial charge in [0.2, 0.25) is 0 Å². The van der Waals surface area contributed by atoms with Gasteiger partial charge in [-0.15, -0.1) is 0 Å². The Hall–Kier alpha value is -5.21. The van der Waals surface area contributed by atoms with Crippen LogP contribution in [-0.4, -0.2) is 49.0 Å². The van der Waals surface area contributed by atoms with Crippen LogP contribution in [0.3, 0.4) is 0 Å². The van der Waals surface area contributed by atoms with E-state index >= 15 is 0 Å². The molecular weight excluding hydrogens is 552 g/mol. The van der Waals surface area contributed by atoms with Crippen molar-refractivity contribution in [1.29, 1.82) is 0 Å². The van der Waals surface area contributed by atoms with Crippen molar-refractivity contribution < 1.29 is 19.1 Å². The van der Waals surface area contributed by atoms with Crippen LogP contribution in [0.4, 0.5) is 11.4 Å². The van der Waals surface area contributed by atoms with E-state index in [-0.39, 0.29) is 17.5 Å². The molecule has 5 aromatic rings. The van der Waals surface area contributed by atoms with Crippen molar-refractivity contribution in [2.75, 3.05) is 37.9 Å². The fraction of sp³-hybridized carbons (Fsp3) is 0.194. The van der Waals surface area contributed by atoms with E-state index in [9.17, 15) is 9.59 Å². The minimum absolute atomic E-state index is 0.281. The molecule has 0 fully saturated rings. The lowest BCUT2D eigenvalue weighted by Gasteiger charge is -2.29. The van der Waals surface area contributed by atoms with Crippen LogP contribution < -0.4 is 20.1 Å². The monoisotopic (exact) mass is 586 g/mol. The number of hydrogen-bond donors (Lipinski definition) is 2. The third-order valence-corrected chi connectivity index (χ3v) is 7.98. The molecule has 0 spiro atoms. The quantitative estimate of drug-likeness (QED) is 0.209. The highest BCUT2D eigenvalue weighted by Crippen LogP contribution is 2.33. The van der Waals surface area contributed by atoms with Crippen LogP contribution in [0.5, 0.6) is 11.5 Å². The third kappa shape index (κ3) is 6.40. The average Bonchev–Trinajstić information content (AvgIpc) is 3.07. The first-order valence-electron chi connectivity index (χ1n) is 14.6. The molecule has 0 bridgehead atoms. The van der Waals surface area contributed by atoms with Crippen LogP contribution in [0.2, 0.25) is 0 Å². The smallest absolute Gasteiger partial charge is 0.274 e. The van der Waals surface area contributed by atoms with Crippen LogP contribution in [0.25, 0.3) is 10.9 Å². The second-order valence-electron chi connectivity index (χ2n) is 10.8. The predicted molar refractivity (Wildman–Crippen MR) is 173 cm³/mol. The molecule has 0 saturated heterocycles. The van der Waals surface area contributed by atoms with Crippen molar-refractivity contribution >= 4 is 34.1 Å². The molecular formula is C36H34N4O4. The van der Waals surface area contributed by atoms with E-state index in [2.05, 4.69) is 32.7 Å². The zero-order valence-corrected chi connectivity index (χ0v) is 24.8. The van der Waals surface area contributed by atoms with Gasteiger partial charge in [0.1, 0.15) is 5.69 Å². The maximum absolute atomic E-state index is 13.2. The Bertz CT molecular complexity index is 1820. The Balaban J connectivity index is 1.06. The first-order valence-corrected chi connectivity index (χ1v) is 14.6. The van der Waals surface area contributed by atoms with Gasteiger partial charge in [0.25, 0.3) is 11.8 Å². The molecule has 4 aromatic carbocycles. The van der Waals surface area contributed by atoms with Gasteiger partial charge in [-0.3, -0.25) is 14.5 Å². The number of para-hydroxylation sites is 2. The third-order valence-electron chi connectivity index (χ3n) is 7.98. The largest absolute Gasteiger partial charge is 0.493 e. The van der Waals surface area contributed by atoms with Gasteiger partial charge in [-0.2, -0.15) is 0 Å². The maximum Gasteiger partial charge on any atom is 0.274 e. The van der Waals surface area contributed by atoms with Gasteiger partial charge in [0.15, 0.2) is 11.5 Å². The fourth-order valence-corrected chi connectivity index (χ4v) is 5.54. The van der Waals surface area contributed by atoms with Crippen molar-refractivity contribution in [3.63, 3.8) is 0 Å². The molecule has 0 unspecified atom stereocenters. The Kier molecular flexibility index (Phi) is 8.52. The number of amides is 2. The molecule has 1 aliphatic rings. The lowest BCUT2D eigenvalue weighted by molar-refractivity contribution is 0.102. The molecule has 1 aliphatic heterocycles. The molecule has 44 heavy (non-hydrogen) atoms. The van der Waals surface area contributed by atoms with Crippen molar-refractivity contribution in [2.24, 2.45) is 0 Å². The van der Waals surface area contributed by atoms with E-state index in [1.54, 1.807) is 44.6 Å². The summed E-state index contributed by atoms with van der Waals surface area (Å²) in [5.41, 5.74) is 6.26. The number of nitrogens with one attached hydrogen (secondary N) is 2. The number of pyridine rings is 1. The van der Waals surface area contributed by atoms with Crippen LogP contribution in [0.15, 0.2) is 97.1 Å². The SMILES string of the molecule is COc1cc2c(cc1OC)CN(CCc1ccc(NC(=O)c3ccccc3NC(=O)c3ccc4ccccc4n3)cc1)CC2. The Morgan fingerprint density at radius 1 is 0.795 bits per heavy atom. The summed E-state index contributed by atoms with van der Waals surface area (Å²) in [5, 5.41) is 6.77. The molecule has 2 heterocycles. The van der Waals surface area contributed by atoms with E-state index < -0.39 is 0 Å². The number of nitrogens with zero attached hydrogens (tertiary/aromatic N) is 2. The second-order valence-corrected chi connectivity index (χ2v) is 10.8. The first kappa shape index (κ1) is 28.9. The van der Waals surface area contributed by atoms with Crippen LogP contribution in [-0.2, 0) is 19.4 Å². The lowest BCUT2D eigenvalue weighted by Crippen LogP contribution is -2.32. The molecule has 2 amide bonds. The van der Waals surface area contributed by atoms with Crippen molar-refractivity contribution in [1.82, 2.24) is 9.88 Å². The second kappa shape index (κ2) is 13.0. The summed E-state index contributed by atoms with van der Waals surface area (Å²) < 4.78 is 11.0. The summed E-state index contributed by atoms with van der Waals surface area (Å²) in [5.74, 6) is 0.853. The van der Waals surface area contributed by atoms with Gasteiger partial charge in [0, 0.05) is 30.7 Å². The van der Waals surface area contributed by atoms with E-state index in [1.165, 1.54) is 16.7 Å². The molecule has 0 saturated carbocycles. The summed E-state index contributed by atoms with van der Waals surface area (Å²) in [7, 11) is 3.33. The van der Waals surface area contributed by atoms with Crippen LogP contribution >= 0.6 is 0 Å². The Morgan fingerprint density at radius 2 is 1.52 bits per heavy atom. The summed E-state index contributed by atoms with van der Waals surface area (Å²) in [6, 6.07) is 30.2. The number of benzene rings is 4. The number of anilines is 2. The molecule has 0 aliphatic carbocycles. The highest BCUT2D eigenvalue weighted by atomic mass is 16.5. The normalized spacial score (nSPS) is 12.8. The average molecular weight is 587 g/mol. The minimum atomic E-state index is -0.378. The Labute approximate surface area is 256 Å². The molecule has 0 atom stereocenters. The number of methoxy groups -OCH3 is 2. The Morgan fingerprint density at radius 3 is 2.32 bits per heavy atom. The number of ether oxygens (including phenoxy) is 2. The number of rotatable bonds is 9. The van der Waals surface area contributed by atoms with E-state index in [0.717, 1.165) is 54.9 Å². The summed E-state index contributed by atoms with van der Waals surface area (Å²) >= 11 is 0. The van der Waals surface area contributed by atoms with Crippen molar-refractivity contribution in [2.45, 2.75) is 19.4 Å². The van der Waals surface area contributed by atoms with Crippen molar-refractivity contribution in [3.8, 4) is 11.5 Å². The predicted octanol–water partition coefficient (Wildman–Crippen LogP) is 6.36. The molecule has 8 heteroatoms. The van der Waals surface area contributed by atoms with Gasteiger partial charge in [-0.25, -0.2) is 4.98 Å². The minimum Gasteiger partial charge on any atom is -0.493 e.